The number of amides is 1. The van der Waals surface area contributed by atoms with Crippen molar-refractivity contribution >= 4 is 11.9 Å². The summed E-state index contributed by atoms with van der Waals surface area (Å²) in [7, 11) is 4.01. The largest absolute Gasteiger partial charge is 0.492 e. The number of hydrogen-bond acceptors (Lipinski definition) is 5. The Morgan fingerprint density at radius 1 is 0.969 bits per heavy atom. The number of carbonyl (C=O) groups excluding carboxylic acids is 2. The predicted octanol–water partition coefficient (Wildman–Crippen LogP) is 4.39. The lowest BCUT2D eigenvalue weighted by atomic mass is 9.85. The van der Waals surface area contributed by atoms with E-state index in [0.29, 0.717) is 19.4 Å². The maximum Gasteiger partial charge on any atom is 0.410 e. The summed E-state index contributed by atoms with van der Waals surface area (Å²) in [6.07, 6.45) is 3.03. The third-order valence-corrected chi connectivity index (χ3v) is 6.47. The van der Waals surface area contributed by atoms with Gasteiger partial charge in [-0.25, -0.2) is 4.79 Å². The first-order valence-corrected chi connectivity index (χ1v) is 11.4. The van der Waals surface area contributed by atoms with E-state index in [0.717, 1.165) is 36.3 Å². The number of ketones is 1. The molecule has 0 spiro atoms. The topological polar surface area (TPSA) is 59.1 Å². The van der Waals surface area contributed by atoms with Crippen LogP contribution >= 0.6 is 0 Å². The van der Waals surface area contributed by atoms with Crippen molar-refractivity contribution in [1.82, 2.24) is 9.80 Å². The van der Waals surface area contributed by atoms with Gasteiger partial charge in [0.05, 0.1) is 0 Å². The number of carbonyl (C=O) groups is 2. The molecule has 170 valence electrons. The molecule has 32 heavy (non-hydrogen) atoms. The molecule has 2 saturated heterocycles. The van der Waals surface area contributed by atoms with Crippen LogP contribution in [0.3, 0.4) is 0 Å². The van der Waals surface area contributed by atoms with E-state index in [-0.39, 0.29) is 36.5 Å². The molecule has 0 N–H and O–H groups in total. The third-order valence-electron chi connectivity index (χ3n) is 6.47. The van der Waals surface area contributed by atoms with E-state index in [4.69, 9.17) is 9.47 Å². The summed E-state index contributed by atoms with van der Waals surface area (Å²) in [5, 5.41) is 0. The van der Waals surface area contributed by atoms with E-state index in [2.05, 4.69) is 4.90 Å². The number of benzene rings is 2. The molecule has 6 heteroatoms. The number of fused-ring (bicyclic) bond motifs is 2. The Kier molecular flexibility index (Phi) is 7.10. The maximum atomic E-state index is 13.1. The second kappa shape index (κ2) is 10.2. The zero-order chi connectivity index (χ0) is 22.5. The number of piperidine rings is 1. The molecule has 0 saturated carbocycles. The van der Waals surface area contributed by atoms with Crippen molar-refractivity contribution in [1.29, 1.82) is 0 Å². The van der Waals surface area contributed by atoms with Crippen molar-refractivity contribution in [3.63, 3.8) is 0 Å². The molecule has 2 aliphatic rings. The van der Waals surface area contributed by atoms with Crippen LogP contribution in [0, 0.1) is 5.92 Å². The lowest BCUT2D eigenvalue weighted by Crippen LogP contribution is -2.48. The Bertz CT molecular complexity index is 899. The molecule has 2 heterocycles. The Morgan fingerprint density at radius 3 is 2.25 bits per heavy atom. The van der Waals surface area contributed by atoms with Crippen LogP contribution < -0.4 is 4.74 Å². The van der Waals surface area contributed by atoms with Crippen LogP contribution in [0.5, 0.6) is 5.75 Å². The van der Waals surface area contributed by atoms with E-state index >= 15 is 0 Å². The van der Waals surface area contributed by atoms with Crippen molar-refractivity contribution in [2.24, 2.45) is 5.92 Å². The quantitative estimate of drug-likeness (QED) is 0.575. The summed E-state index contributed by atoms with van der Waals surface area (Å²) in [6, 6.07) is 17.3. The van der Waals surface area contributed by atoms with Crippen molar-refractivity contribution in [2.45, 2.75) is 44.4 Å². The molecule has 2 aromatic carbocycles. The number of Topliss-reactive ketones (excluding diaryl/α,β-unsaturated/α-hetero) is 1. The summed E-state index contributed by atoms with van der Waals surface area (Å²) in [5.41, 5.74) is 1.70. The fourth-order valence-electron chi connectivity index (χ4n) is 4.78. The molecule has 2 bridgehead atoms. The summed E-state index contributed by atoms with van der Waals surface area (Å²) in [4.78, 5) is 29.8. The number of rotatable bonds is 8. The highest BCUT2D eigenvalue weighted by Gasteiger charge is 2.45. The molecule has 2 atom stereocenters. The minimum atomic E-state index is -0.258. The van der Waals surface area contributed by atoms with E-state index < -0.39 is 0 Å². The van der Waals surface area contributed by atoms with E-state index in [1.807, 2.05) is 73.6 Å². The van der Waals surface area contributed by atoms with Crippen molar-refractivity contribution in [3.8, 4) is 5.75 Å². The van der Waals surface area contributed by atoms with Crippen LogP contribution in [0.25, 0.3) is 0 Å². The van der Waals surface area contributed by atoms with Gasteiger partial charge in [0.25, 0.3) is 0 Å². The molecule has 0 aromatic heterocycles. The van der Waals surface area contributed by atoms with Gasteiger partial charge in [-0.05, 0) is 69.6 Å². The summed E-state index contributed by atoms with van der Waals surface area (Å²) >= 11 is 0. The van der Waals surface area contributed by atoms with Crippen molar-refractivity contribution < 1.29 is 19.1 Å². The van der Waals surface area contributed by atoms with Crippen LogP contribution in [-0.4, -0.2) is 61.0 Å². The fraction of sp³-hybridized carbons (Fsp3) is 0.462. The molecular weight excluding hydrogens is 404 g/mol. The summed E-state index contributed by atoms with van der Waals surface area (Å²) in [6.45, 7) is 1.74. The van der Waals surface area contributed by atoms with Gasteiger partial charge in [-0.1, -0.05) is 30.3 Å². The highest BCUT2D eigenvalue weighted by molar-refractivity contribution is 5.98. The third kappa shape index (κ3) is 5.30. The Morgan fingerprint density at radius 2 is 1.62 bits per heavy atom. The second-order valence-electron chi connectivity index (χ2n) is 9.04. The SMILES string of the molecule is CN(C)CCOc1ccc(C(=O)C2CC3CCC(C2)N3C(=O)OCc2ccccc2)cc1. The maximum absolute atomic E-state index is 13.1. The smallest absolute Gasteiger partial charge is 0.410 e. The average Bonchev–Trinajstić information content (AvgIpc) is 3.07. The van der Waals surface area contributed by atoms with Crippen molar-refractivity contribution in [2.75, 3.05) is 27.2 Å². The first-order valence-electron chi connectivity index (χ1n) is 11.4. The predicted molar refractivity (Wildman–Crippen MR) is 123 cm³/mol. The Hall–Kier alpha value is -2.86. The molecule has 2 fully saturated rings. The first-order chi connectivity index (χ1) is 15.5. The molecule has 1 amide bonds. The highest BCUT2D eigenvalue weighted by Crippen LogP contribution is 2.40. The Balaban J connectivity index is 1.31. The van der Waals surface area contributed by atoms with E-state index in [1.165, 1.54) is 0 Å². The molecule has 2 unspecified atom stereocenters. The minimum Gasteiger partial charge on any atom is -0.492 e. The summed E-state index contributed by atoms with van der Waals surface area (Å²) in [5.74, 6) is 0.893. The Labute approximate surface area is 190 Å². The van der Waals surface area contributed by atoms with Crippen LogP contribution in [0.2, 0.25) is 0 Å². The number of hydrogen-bond donors (Lipinski definition) is 0. The van der Waals surface area contributed by atoms with Crippen LogP contribution in [0.15, 0.2) is 54.6 Å². The molecule has 2 aromatic rings. The lowest BCUT2D eigenvalue weighted by molar-refractivity contribution is 0.0485. The molecule has 0 radical (unpaired) electrons. The zero-order valence-electron chi connectivity index (χ0n) is 18.9. The molecular formula is C26H32N2O4. The second-order valence-corrected chi connectivity index (χ2v) is 9.04. The van der Waals surface area contributed by atoms with E-state index in [9.17, 15) is 9.59 Å². The number of nitrogens with zero attached hydrogens (tertiary/aromatic N) is 2. The average molecular weight is 437 g/mol. The van der Waals surface area contributed by atoms with Crippen LogP contribution in [0.1, 0.15) is 41.6 Å². The van der Waals surface area contributed by atoms with Gasteiger partial charge in [0.2, 0.25) is 0 Å². The molecule has 2 aliphatic heterocycles. The first kappa shape index (κ1) is 22.3. The zero-order valence-corrected chi connectivity index (χ0v) is 18.9. The number of likely N-dealkylation sites (N-methyl/N-ethyl adjacent to an activating group) is 1. The van der Waals surface area contributed by atoms with Gasteiger partial charge >= 0.3 is 6.09 Å². The standard InChI is InChI=1S/C26H32N2O4/c1-27(2)14-15-31-24-12-8-20(9-13-24)25(29)21-16-22-10-11-23(17-21)28(22)26(30)32-18-19-6-4-3-5-7-19/h3-9,12-13,21-23H,10-11,14-18H2,1-2H3. The van der Waals surface area contributed by atoms with Gasteiger partial charge in [0, 0.05) is 30.1 Å². The molecule has 0 aliphatic carbocycles. The number of ether oxygens (including phenoxy) is 2. The lowest BCUT2D eigenvalue weighted by Gasteiger charge is -2.37. The van der Waals surface area contributed by atoms with Crippen molar-refractivity contribution in [3.05, 3.63) is 65.7 Å². The van der Waals surface area contributed by atoms with Gasteiger partial charge in [-0.2, -0.15) is 0 Å². The molecule has 4 rings (SSSR count). The molecule has 6 nitrogen and oxygen atoms in total. The minimum absolute atomic E-state index is 0.0498. The van der Waals surface area contributed by atoms with Crippen LogP contribution in [-0.2, 0) is 11.3 Å². The van der Waals surface area contributed by atoms with Gasteiger partial charge in [0.15, 0.2) is 5.78 Å². The fourth-order valence-corrected chi connectivity index (χ4v) is 4.78. The monoisotopic (exact) mass is 436 g/mol. The van der Waals surface area contributed by atoms with Gasteiger partial charge < -0.3 is 19.3 Å². The van der Waals surface area contributed by atoms with Gasteiger partial charge in [-0.3, -0.25) is 4.79 Å². The highest BCUT2D eigenvalue weighted by atomic mass is 16.6. The van der Waals surface area contributed by atoms with Gasteiger partial charge in [0.1, 0.15) is 19.0 Å². The van der Waals surface area contributed by atoms with Gasteiger partial charge in [-0.15, -0.1) is 0 Å². The van der Waals surface area contributed by atoms with Crippen LogP contribution in [0.4, 0.5) is 4.79 Å². The normalized spacial score (nSPS) is 22.1. The summed E-state index contributed by atoms with van der Waals surface area (Å²) < 4.78 is 11.3. The van der Waals surface area contributed by atoms with E-state index in [1.54, 1.807) is 0 Å².